The van der Waals surface area contributed by atoms with E-state index >= 15 is 0 Å². The first kappa shape index (κ1) is 20.2. The van der Waals surface area contributed by atoms with Crippen LogP contribution >= 0.6 is 0 Å². The van der Waals surface area contributed by atoms with Gasteiger partial charge in [0.05, 0.1) is 29.0 Å². The zero-order valence-corrected chi connectivity index (χ0v) is 16.3. The van der Waals surface area contributed by atoms with Gasteiger partial charge in [0.25, 0.3) is 0 Å². The van der Waals surface area contributed by atoms with Gasteiger partial charge in [0.15, 0.2) is 9.84 Å². The summed E-state index contributed by atoms with van der Waals surface area (Å²) < 4.78 is 36.1. The first-order valence-electron chi connectivity index (χ1n) is 8.67. The van der Waals surface area contributed by atoms with Crippen LogP contribution in [0.15, 0.2) is 41.3 Å². The summed E-state index contributed by atoms with van der Waals surface area (Å²) in [7, 11) is -4.88. The molecule has 0 radical (unpaired) electrons. The van der Waals surface area contributed by atoms with E-state index in [1.54, 1.807) is 32.0 Å². The molecule has 0 atom stereocenters. The standard InChI is InChI=1S/C18H21BN2O6S/c1-11(2)27-18(22)21-16-8-14(20)5-6-17(16)28(24,25)10-12-3-4-13-9-26-19(23)15(13)7-12/h3-8,11,23H,9-10,20H2,1-2H3,(H,21,22). The molecule has 0 fully saturated rings. The van der Waals surface area contributed by atoms with Gasteiger partial charge in [-0.3, -0.25) is 5.32 Å². The Morgan fingerprint density at radius 3 is 2.79 bits per heavy atom. The molecule has 1 aliphatic rings. The SMILES string of the molecule is CC(C)OC(=O)Nc1cc(N)ccc1S(=O)(=O)Cc1ccc2c(c1)B(O)OC2. The lowest BCUT2D eigenvalue weighted by molar-refractivity contribution is 0.130. The Balaban J connectivity index is 1.89. The van der Waals surface area contributed by atoms with Crippen LogP contribution in [0.5, 0.6) is 0 Å². The van der Waals surface area contributed by atoms with Crippen molar-refractivity contribution >= 4 is 39.9 Å². The number of sulfone groups is 1. The lowest BCUT2D eigenvalue weighted by Crippen LogP contribution is -2.28. The molecule has 1 amide bonds. The van der Waals surface area contributed by atoms with Crippen LogP contribution < -0.4 is 16.5 Å². The molecular weight excluding hydrogens is 383 g/mol. The van der Waals surface area contributed by atoms with Crippen LogP contribution in [0.2, 0.25) is 0 Å². The largest absolute Gasteiger partial charge is 0.491 e. The smallest absolute Gasteiger partial charge is 0.447 e. The minimum absolute atomic E-state index is 0.0511. The van der Waals surface area contributed by atoms with Crippen LogP contribution in [0, 0.1) is 0 Å². The van der Waals surface area contributed by atoms with E-state index in [1.807, 2.05) is 0 Å². The maximum atomic E-state index is 13.0. The van der Waals surface area contributed by atoms with Crippen molar-refractivity contribution in [2.75, 3.05) is 11.1 Å². The summed E-state index contributed by atoms with van der Waals surface area (Å²) in [5, 5.41) is 12.3. The van der Waals surface area contributed by atoms with Crippen molar-refractivity contribution in [3.63, 3.8) is 0 Å². The monoisotopic (exact) mass is 404 g/mol. The highest BCUT2D eigenvalue weighted by molar-refractivity contribution is 7.90. The average Bonchev–Trinajstić information content (AvgIpc) is 2.94. The molecule has 3 rings (SSSR count). The lowest BCUT2D eigenvalue weighted by atomic mass is 9.79. The summed E-state index contributed by atoms with van der Waals surface area (Å²) in [4.78, 5) is 11.9. The fourth-order valence-electron chi connectivity index (χ4n) is 2.92. The molecule has 0 aromatic heterocycles. The number of benzene rings is 2. The van der Waals surface area contributed by atoms with E-state index < -0.39 is 23.0 Å². The summed E-state index contributed by atoms with van der Waals surface area (Å²) in [5.41, 5.74) is 7.98. The number of fused-ring (bicyclic) bond motifs is 1. The number of nitrogens with one attached hydrogen (secondary N) is 1. The van der Waals surface area contributed by atoms with Crippen LogP contribution in [0.3, 0.4) is 0 Å². The summed E-state index contributed by atoms with van der Waals surface area (Å²) in [5.74, 6) is -0.315. The molecule has 8 nitrogen and oxygen atoms in total. The van der Waals surface area contributed by atoms with Crippen LogP contribution in [0.4, 0.5) is 16.2 Å². The topological polar surface area (TPSA) is 128 Å². The van der Waals surface area contributed by atoms with Crippen molar-refractivity contribution in [3.05, 3.63) is 47.5 Å². The Labute approximate surface area is 163 Å². The third kappa shape index (κ3) is 4.46. The number of amides is 1. The van der Waals surface area contributed by atoms with Crippen molar-refractivity contribution in [3.8, 4) is 0 Å². The Morgan fingerprint density at radius 2 is 2.07 bits per heavy atom. The predicted octanol–water partition coefficient (Wildman–Crippen LogP) is 1.42. The van der Waals surface area contributed by atoms with Gasteiger partial charge in [-0.2, -0.15) is 0 Å². The van der Waals surface area contributed by atoms with Crippen molar-refractivity contribution in [2.24, 2.45) is 0 Å². The second kappa shape index (κ2) is 7.82. The number of rotatable bonds is 5. The molecule has 0 saturated heterocycles. The molecule has 10 heteroatoms. The Morgan fingerprint density at radius 1 is 1.32 bits per heavy atom. The van der Waals surface area contributed by atoms with Crippen molar-refractivity contribution in [1.29, 1.82) is 0 Å². The van der Waals surface area contributed by atoms with E-state index in [-0.39, 0.29) is 29.0 Å². The minimum Gasteiger partial charge on any atom is -0.447 e. The van der Waals surface area contributed by atoms with Gasteiger partial charge < -0.3 is 20.1 Å². The van der Waals surface area contributed by atoms with Gasteiger partial charge in [-0.05, 0) is 48.6 Å². The molecule has 0 bridgehead atoms. The molecule has 1 heterocycles. The van der Waals surface area contributed by atoms with Crippen LogP contribution in [0.1, 0.15) is 25.0 Å². The summed E-state index contributed by atoms with van der Waals surface area (Å²) in [6.07, 6.45) is -1.13. The Kier molecular flexibility index (Phi) is 5.64. The first-order chi connectivity index (χ1) is 13.2. The zero-order chi connectivity index (χ0) is 20.5. The number of hydrogen-bond donors (Lipinski definition) is 3. The van der Waals surface area contributed by atoms with Crippen molar-refractivity contribution < 1.29 is 27.6 Å². The van der Waals surface area contributed by atoms with Crippen LogP contribution in [-0.2, 0) is 31.6 Å². The average molecular weight is 404 g/mol. The van der Waals surface area contributed by atoms with Gasteiger partial charge in [0, 0.05) is 5.69 Å². The van der Waals surface area contributed by atoms with Gasteiger partial charge in [0.1, 0.15) is 0 Å². The number of carbonyl (C=O) groups excluding carboxylic acids is 1. The molecule has 0 unspecified atom stereocenters. The highest BCUT2D eigenvalue weighted by atomic mass is 32.2. The molecule has 28 heavy (non-hydrogen) atoms. The molecule has 148 valence electrons. The molecule has 2 aromatic carbocycles. The predicted molar refractivity (Wildman–Crippen MR) is 106 cm³/mol. The molecule has 0 aliphatic carbocycles. The number of nitrogen functional groups attached to an aromatic ring is 1. The molecule has 2 aromatic rings. The number of carbonyl (C=O) groups is 1. The van der Waals surface area contributed by atoms with Gasteiger partial charge in [-0.25, -0.2) is 13.2 Å². The zero-order valence-electron chi connectivity index (χ0n) is 15.5. The number of hydrogen-bond acceptors (Lipinski definition) is 7. The lowest BCUT2D eigenvalue weighted by Gasteiger charge is -2.14. The van der Waals surface area contributed by atoms with E-state index in [2.05, 4.69) is 5.32 Å². The fourth-order valence-corrected chi connectivity index (χ4v) is 4.42. The Bertz CT molecular complexity index is 1010. The summed E-state index contributed by atoms with van der Waals surface area (Å²) in [6.45, 7) is 3.65. The van der Waals surface area contributed by atoms with Crippen LogP contribution in [-0.4, -0.2) is 32.8 Å². The number of ether oxygens (including phenoxy) is 1. The number of anilines is 2. The quantitative estimate of drug-likeness (QED) is 0.508. The molecular formula is C18H21BN2O6S. The maximum absolute atomic E-state index is 13.0. The van der Waals surface area contributed by atoms with Crippen molar-refractivity contribution in [1.82, 2.24) is 0 Å². The van der Waals surface area contributed by atoms with Crippen LogP contribution in [0.25, 0.3) is 0 Å². The van der Waals surface area contributed by atoms with E-state index in [9.17, 15) is 18.2 Å². The maximum Gasteiger partial charge on any atom is 0.491 e. The third-order valence-electron chi connectivity index (χ3n) is 4.15. The molecule has 1 aliphatic heterocycles. The van der Waals surface area contributed by atoms with E-state index in [1.165, 1.54) is 18.2 Å². The molecule has 4 N–H and O–H groups in total. The second-order valence-corrected chi connectivity index (χ2v) is 8.75. The first-order valence-corrected chi connectivity index (χ1v) is 10.3. The minimum atomic E-state index is -3.82. The molecule has 0 saturated carbocycles. The fraction of sp³-hybridized carbons (Fsp3) is 0.278. The normalized spacial score (nSPS) is 13.5. The van der Waals surface area contributed by atoms with Gasteiger partial charge >= 0.3 is 13.2 Å². The second-order valence-electron chi connectivity index (χ2n) is 6.79. The van der Waals surface area contributed by atoms with E-state index in [4.69, 9.17) is 15.1 Å². The van der Waals surface area contributed by atoms with Gasteiger partial charge in [-0.1, -0.05) is 18.2 Å². The van der Waals surface area contributed by atoms with E-state index in [0.29, 0.717) is 16.7 Å². The van der Waals surface area contributed by atoms with Gasteiger partial charge in [0.2, 0.25) is 0 Å². The number of nitrogens with two attached hydrogens (primary N) is 1. The third-order valence-corrected chi connectivity index (χ3v) is 5.89. The highest BCUT2D eigenvalue weighted by Crippen LogP contribution is 2.27. The van der Waals surface area contributed by atoms with E-state index in [0.717, 1.165) is 5.56 Å². The summed E-state index contributed by atoms with van der Waals surface area (Å²) in [6, 6.07) is 9.19. The summed E-state index contributed by atoms with van der Waals surface area (Å²) >= 11 is 0. The molecule has 0 spiro atoms. The van der Waals surface area contributed by atoms with Gasteiger partial charge in [-0.15, -0.1) is 0 Å². The Hall–Kier alpha value is -2.56. The van der Waals surface area contributed by atoms with Crippen molar-refractivity contribution in [2.45, 2.75) is 37.2 Å². The highest BCUT2D eigenvalue weighted by Gasteiger charge is 2.28.